The number of nitrogens with one attached hydrogen (secondary N) is 1. The lowest BCUT2D eigenvalue weighted by atomic mass is 9.82. The molecule has 19 heavy (non-hydrogen) atoms. The van der Waals surface area contributed by atoms with E-state index in [1.165, 1.54) is 32.1 Å². The van der Waals surface area contributed by atoms with Crippen LogP contribution in [0.1, 0.15) is 64.4 Å². The van der Waals surface area contributed by atoms with Crippen LogP contribution in [0, 0.1) is 5.92 Å². The third kappa shape index (κ3) is 4.65. The lowest BCUT2D eigenvalue weighted by Crippen LogP contribution is -2.40. The molecule has 106 valence electrons. The second-order valence-electron chi connectivity index (χ2n) is 7.05. The molecule has 1 heteroatoms. The molecule has 0 amide bonds. The molecule has 1 aliphatic rings. The van der Waals surface area contributed by atoms with E-state index in [4.69, 9.17) is 0 Å². The maximum Gasteiger partial charge on any atom is 0.00966 e. The van der Waals surface area contributed by atoms with E-state index in [9.17, 15) is 0 Å². The van der Waals surface area contributed by atoms with Gasteiger partial charge in [-0.3, -0.25) is 0 Å². The molecule has 1 N–H and O–H groups in total. The highest BCUT2D eigenvalue weighted by Gasteiger charge is 2.25. The molecule has 1 saturated carbocycles. The zero-order valence-corrected chi connectivity index (χ0v) is 12.8. The van der Waals surface area contributed by atoms with Gasteiger partial charge in [-0.1, -0.05) is 49.6 Å². The summed E-state index contributed by atoms with van der Waals surface area (Å²) in [4.78, 5) is 0. The summed E-state index contributed by atoms with van der Waals surface area (Å²) in [5, 5.41) is 3.72. The predicted octanol–water partition coefficient (Wildman–Crippen LogP) is 4.74. The molecule has 1 aliphatic carbocycles. The molecule has 0 radical (unpaired) electrons. The van der Waals surface area contributed by atoms with E-state index in [0.717, 1.165) is 18.4 Å². The maximum atomic E-state index is 3.72. The van der Waals surface area contributed by atoms with Crippen LogP contribution >= 0.6 is 0 Å². The first-order valence-electron chi connectivity index (χ1n) is 7.86. The molecule has 2 rings (SSSR count). The van der Waals surface area contributed by atoms with Crippen molar-refractivity contribution in [3.8, 4) is 0 Å². The Kier molecular flexibility index (Phi) is 5.04. The van der Waals surface area contributed by atoms with Crippen LogP contribution in [0.15, 0.2) is 30.3 Å². The van der Waals surface area contributed by atoms with Crippen molar-refractivity contribution >= 4 is 0 Å². The normalized spacial score (nSPS) is 25.0. The van der Waals surface area contributed by atoms with Crippen molar-refractivity contribution < 1.29 is 0 Å². The van der Waals surface area contributed by atoms with Gasteiger partial charge in [0.15, 0.2) is 0 Å². The molecule has 0 saturated heterocycles. The average molecular weight is 259 g/mol. The van der Waals surface area contributed by atoms with Crippen molar-refractivity contribution in [3.05, 3.63) is 35.9 Å². The van der Waals surface area contributed by atoms with Crippen LogP contribution in [0.5, 0.6) is 0 Å². The Morgan fingerprint density at radius 3 is 2.37 bits per heavy atom. The number of hydrogen-bond donors (Lipinski definition) is 1. The zero-order chi connectivity index (χ0) is 13.7. The molecule has 2 unspecified atom stereocenters. The van der Waals surface area contributed by atoms with Crippen LogP contribution in [0.4, 0.5) is 0 Å². The topological polar surface area (TPSA) is 12.0 Å². The maximum absolute atomic E-state index is 3.72. The molecule has 1 aromatic rings. The van der Waals surface area contributed by atoms with Gasteiger partial charge < -0.3 is 5.32 Å². The van der Waals surface area contributed by atoms with E-state index in [1.807, 2.05) is 0 Å². The fourth-order valence-corrected chi connectivity index (χ4v) is 3.21. The summed E-state index contributed by atoms with van der Waals surface area (Å²) in [6.07, 6.45) is 6.95. The Labute approximate surface area is 118 Å². The molecule has 1 aromatic carbocycles. The van der Waals surface area contributed by atoms with Gasteiger partial charge in [-0.05, 0) is 57.6 Å². The largest absolute Gasteiger partial charge is 0.312 e. The van der Waals surface area contributed by atoms with Crippen molar-refractivity contribution in [2.24, 2.45) is 5.92 Å². The zero-order valence-electron chi connectivity index (χ0n) is 12.8. The lowest BCUT2D eigenvalue weighted by molar-refractivity contribution is 0.322. The molecule has 0 heterocycles. The Hall–Kier alpha value is -0.820. The van der Waals surface area contributed by atoms with E-state index < -0.39 is 0 Å². The van der Waals surface area contributed by atoms with Gasteiger partial charge in [0, 0.05) is 5.54 Å². The molecule has 1 fully saturated rings. The van der Waals surface area contributed by atoms with Gasteiger partial charge in [-0.15, -0.1) is 0 Å². The van der Waals surface area contributed by atoms with Crippen LogP contribution in [-0.2, 0) is 0 Å². The lowest BCUT2D eigenvalue weighted by Gasteiger charge is -2.30. The molecule has 0 bridgehead atoms. The fraction of sp³-hybridized carbons (Fsp3) is 0.667. The Morgan fingerprint density at radius 1 is 1.00 bits per heavy atom. The number of rotatable bonds is 3. The summed E-state index contributed by atoms with van der Waals surface area (Å²) in [6.45, 7) is 7.95. The molecule has 1 nitrogen and oxygen atoms in total. The summed E-state index contributed by atoms with van der Waals surface area (Å²) in [7, 11) is 0. The minimum absolute atomic E-state index is 0.230. The van der Waals surface area contributed by atoms with E-state index in [0.29, 0.717) is 0 Å². The minimum atomic E-state index is 0.230. The standard InChI is InChI=1S/C18H29N/c1-18(2,3)19-14-16-12-8-5-9-13-17(16)15-10-6-4-7-11-15/h4,6-7,10-11,16-17,19H,5,8-9,12-14H2,1-3H3. The Bertz CT molecular complexity index is 363. The van der Waals surface area contributed by atoms with Gasteiger partial charge in [0.25, 0.3) is 0 Å². The van der Waals surface area contributed by atoms with Crippen LogP contribution in [0.2, 0.25) is 0 Å². The summed E-state index contributed by atoms with van der Waals surface area (Å²) in [5.74, 6) is 1.54. The summed E-state index contributed by atoms with van der Waals surface area (Å²) < 4.78 is 0. The van der Waals surface area contributed by atoms with Gasteiger partial charge in [0.05, 0.1) is 0 Å². The third-order valence-electron chi connectivity index (χ3n) is 4.28. The van der Waals surface area contributed by atoms with Gasteiger partial charge in [0.2, 0.25) is 0 Å². The van der Waals surface area contributed by atoms with Crippen molar-refractivity contribution in [1.29, 1.82) is 0 Å². The second-order valence-corrected chi connectivity index (χ2v) is 7.05. The van der Waals surface area contributed by atoms with Crippen LogP contribution < -0.4 is 5.32 Å². The van der Waals surface area contributed by atoms with Gasteiger partial charge in [-0.2, -0.15) is 0 Å². The number of hydrogen-bond acceptors (Lipinski definition) is 1. The fourth-order valence-electron chi connectivity index (χ4n) is 3.21. The quantitative estimate of drug-likeness (QED) is 0.773. The summed E-state index contributed by atoms with van der Waals surface area (Å²) >= 11 is 0. The highest BCUT2D eigenvalue weighted by atomic mass is 14.9. The molecule has 0 aliphatic heterocycles. The predicted molar refractivity (Wildman–Crippen MR) is 83.5 cm³/mol. The first kappa shape index (κ1) is 14.6. The van der Waals surface area contributed by atoms with Crippen molar-refractivity contribution in [3.63, 3.8) is 0 Å². The Morgan fingerprint density at radius 2 is 1.68 bits per heavy atom. The summed E-state index contributed by atoms with van der Waals surface area (Å²) in [6, 6.07) is 11.1. The van der Waals surface area contributed by atoms with Crippen LogP contribution in [0.3, 0.4) is 0 Å². The average Bonchev–Trinajstić information content (AvgIpc) is 2.62. The van der Waals surface area contributed by atoms with Gasteiger partial charge in [0.1, 0.15) is 0 Å². The number of benzene rings is 1. The highest BCUT2D eigenvalue weighted by molar-refractivity contribution is 5.20. The van der Waals surface area contributed by atoms with Crippen LogP contribution in [0.25, 0.3) is 0 Å². The molecule has 2 atom stereocenters. The summed E-state index contributed by atoms with van der Waals surface area (Å²) in [5.41, 5.74) is 1.78. The van der Waals surface area contributed by atoms with Crippen molar-refractivity contribution in [1.82, 2.24) is 5.32 Å². The SMILES string of the molecule is CC(C)(C)NCC1CCCCCC1c1ccccc1. The third-order valence-corrected chi connectivity index (χ3v) is 4.28. The van der Waals surface area contributed by atoms with E-state index in [2.05, 4.69) is 56.4 Å². The van der Waals surface area contributed by atoms with Crippen molar-refractivity contribution in [2.45, 2.75) is 64.3 Å². The van der Waals surface area contributed by atoms with Crippen LogP contribution in [-0.4, -0.2) is 12.1 Å². The molecule has 0 spiro atoms. The van der Waals surface area contributed by atoms with Gasteiger partial charge >= 0.3 is 0 Å². The molecule has 0 aromatic heterocycles. The first-order chi connectivity index (χ1) is 9.06. The molecular weight excluding hydrogens is 230 g/mol. The van der Waals surface area contributed by atoms with Crippen molar-refractivity contribution in [2.75, 3.05) is 6.54 Å². The molecular formula is C18H29N. The van der Waals surface area contributed by atoms with Gasteiger partial charge in [-0.25, -0.2) is 0 Å². The van der Waals surface area contributed by atoms with E-state index in [1.54, 1.807) is 5.56 Å². The van der Waals surface area contributed by atoms with E-state index >= 15 is 0 Å². The minimum Gasteiger partial charge on any atom is -0.312 e. The monoisotopic (exact) mass is 259 g/mol. The highest BCUT2D eigenvalue weighted by Crippen LogP contribution is 2.36. The Balaban J connectivity index is 2.07. The first-order valence-corrected chi connectivity index (χ1v) is 7.86. The second kappa shape index (κ2) is 6.56. The van der Waals surface area contributed by atoms with E-state index in [-0.39, 0.29) is 5.54 Å². The smallest absolute Gasteiger partial charge is 0.00966 e.